The van der Waals surface area contributed by atoms with Crippen molar-refractivity contribution < 1.29 is 5.11 Å². The lowest BCUT2D eigenvalue weighted by molar-refractivity contribution is 0.482. The topological polar surface area (TPSA) is 139 Å². The Bertz CT molecular complexity index is 2080. The van der Waals surface area contributed by atoms with Crippen molar-refractivity contribution in [3.63, 3.8) is 0 Å². The Kier molecular flexibility index (Phi) is 6.20. The van der Waals surface area contributed by atoms with Gasteiger partial charge in [-0.05, 0) is 97.1 Å². The average molecular weight is 545 g/mol. The molecular weight excluding hydrogens is 520 g/mol. The molecule has 0 unspecified atom stereocenters. The molecule has 8 nitrogen and oxygen atoms in total. The third-order valence-electron chi connectivity index (χ3n) is 6.75. The molecular formula is C31H24N6O2S. The van der Waals surface area contributed by atoms with Crippen molar-refractivity contribution in [1.82, 2.24) is 0 Å². The Balaban J connectivity index is 1.41. The fourth-order valence-corrected chi connectivity index (χ4v) is 5.82. The van der Waals surface area contributed by atoms with E-state index in [-0.39, 0.29) is 11.2 Å². The lowest BCUT2D eigenvalue weighted by Crippen LogP contribution is -2.00. The normalized spacial score (nSPS) is 11.9. The van der Waals surface area contributed by atoms with E-state index in [1.807, 2.05) is 56.3 Å². The molecule has 0 fully saturated rings. The molecule has 0 aliphatic heterocycles. The summed E-state index contributed by atoms with van der Waals surface area (Å²) in [5.41, 5.74) is 16.7. The summed E-state index contributed by atoms with van der Waals surface area (Å²) in [7, 11) is 0. The molecule has 9 heteroatoms. The first-order valence-electron chi connectivity index (χ1n) is 12.5. The Morgan fingerprint density at radius 2 is 1.32 bits per heavy atom. The zero-order valence-corrected chi connectivity index (χ0v) is 22.5. The van der Waals surface area contributed by atoms with E-state index in [9.17, 15) is 9.90 Å². The number of phenolic OH excluding ortho intramolecular Hbond substituents is 1. The Morgan fingerprint density at radius 1 is 0.700 bits per heavy atom. The number of nitrogens with two attached hydrogens (primary N) is 2. The summed E-state index contributed by atoms with van der Waals surface area (Å²) >= 11 is 1.52. The maximum Gasteiger partial charge on any atom is 0.195 e. The molecule has 0 saturated carbocycles. The molecule has 5 aromatic carbocycles. The van der Waals surface area contributed by atoms with E-state index in [0.717, 1.165) is 25.9 Å². The minimum atomic E-state index is -0.0865. The standard InChI is InChI=1S/C31H24N6O2S/c1-16-13-18-14-17(2)29(31(39)26(18)27(33)28(16)36-34-20-9-7-19(32)8-10-20)37-35-21-11-12-23-25(15-21)40-24-6-4-3-5-22(24)30(23)38/h3-15,39H,32-33H2,1-2H3. The number of benzene rings is 5. The number of hydrogen-bond donors (Lipinski definition) is 3. The first-order chi connectivity index (χ1) is 19.3. The molecule has 0 spiro atoms. The predicted octanol–water partition coefficient (Wildman–Crippen LogP) is 8.89. The van der Waals surface area contributed by atoms with Crippen molar-refractivity contribution in [2.24, 2.45) is 20.5 Å². The van der Waals surface area contributed by atoms with E-state index in [0.29, 0.717) is 50.3 Å². The van der Waals surface area contributed by atoms with Crippen LogP contribution in [0.25, 0.3) is 30.9 Å². The van der Waals surface area contributed by atoms with Crippen LogP contribution >= 0.6 is 11.3 Å². The number of azo groups is 2. The van der Waals surface area contributed by atoms with Crippen LogP contribution < -0.4 is 16.9 Å². The zero-order valence-electron chi connectivity index (χ0n) is 21.7. The molecule has 0 aliphatic rings. The summed E-state index contributed by atoms with van der Waals surface area (Å²) in [6, 6.07) is 23.7. The molecule has 5 N–H and O–H groups in total. The van der Waals surface area contributed by atoms with Gasteiger partial charge in [-0.25, -0.2) is 0 Å². The van der Waals surface area contributed by atoms with Gasteiger partial charge in [0.1, 0.15) is 11.4 Å². The molecule has 6 aromatic rings. The summed E-state index contributed by atoms with van der Waals surface area (Å²) in [5, 5.41) is 31.3. The van der Waals surface area contributed by atoms with Crippen LogP contribution in [0.4, 0.5) is 34.1 Å². The van der Waals surface area contributed by atoms with E-state index in [1.165, 1.54) is 11.3 Å². The van der Waals surface area contributed by atoms with E-state index in [4.69, 9.17) is 11.5 Å². The third-order valence-corrected chi connectivity index (χ3v) is 7.88. The monoisotopic (exact) mass is 544 g/mol. The van der Waals surface area contributed by atoms with Crippen molar-refractivity contribution in [3.8, 4) is 5.75 Å². The van der Waals surface area contributed by atoms with E-state index in [2.05, 4.69) is 20.5 Å². The van der Waals surface area contributed by atoms with Crippen molar-refractivity contribution >= 4 is 76.4 Å². The molecule has 0 saturated heterocycles. The molecule has 0 amide bonds. The highest BCUT2D eigenvalue weighted by atomic mass is 32.1. The number of phenols is 1. The van der Waals surface area contributed by atoms with Gasteiger partial charge in [0.25, 0.3) is 0 Å². The average Bonchev–Trinajstić information content (AvgIpc) is 2.93. The van der Waals surface area contributed by atoms with Crippen molar-refractivity contribution in [2.75, 3.05) is 11.5 Å². The summed E-state index contributed by atoms with van der Waals surface area (Å²) in [4.78, 5) is 12.9. The molecule has 1 aromatic heterocycles. The number of nitrogen functional groups attached to an aromatic ring is 2. The first-order valence-corrected chi connectivity index (χ1v) is 13.3. The SMILES string of the molecule is Cc1cc2cc(C)c(N=Nc3ccc4c(=O)c5ccccc5sc4c3)c(O)c2c(N)c1N=Nc1ccc(N)cc1. The summed E-state index contributed by atoms with van der Waals surface area (Å²) in [6.07, 6.45) is 0. The van der Waals surface area contributed by atoms with Crippen LogP contribution in [0.3, 0.4) is 0 Å². The third kappa shape index (κ3) is 4.42. The second-order valence-electron chi connectivity index (χ2n) is 9.54. The molecule has 6 rings (SSSR count). The lowest BCUT2D eigenvalue weighted by Gasteiger charge is -2.13. The number of rotatable bonds is 4. The fourth-order valence-electron chi connectivity index (χ4n) is 4.71. The predicted molar refractivity (Wildman–Crippen MR) is 164 cm³/mol. The molecule has 40 heavy (non-hydrogen) atoms. The fraction of sp³-hybridized carbons (Fsp3) is 0.0645. The molecule has 0 atom stereocenters. The Hall–Kier alpha value is -5.15. The smallest absolute Gasteiger partial charge is 0.195 e. The van der Waals surface area contributed by atoms with Crippen LogP contribution in [-0.4, -0.2) is 5.11 Å². The van der Waals surface area contributed by atoms with Gasteiger partial charge in [0.15, 0.2) is 11.2 Å². The number of fused-ring (bicyclic) bond motifs is 3. The van der Waals surface area contributed by atoms with Gasteiger partial charge in [0.2, 0.25) is 0 Å². The number of nitrogens with zero attached hydrogens (tertiary/aromatic N) is 4. The van der Waals surface area contributed by atoms with Gasteiger partial charge in [-0.2, -0.15) is 10.2 Å². The number of hydrogen-bond acceptors (Lipinski definition) is 9. The van der Waals surface area contributed by atoms with Gasteiger partial charge < -0.3 is 16.6 Å². The second kappa shape index (κ2) is 9.87. The highest BCUT2D eigenvalue weighted by Gasteiger charge is 2.17. The van der Waals surface area contributed by atoms with E-state index >= 15 is 0 Å². The van der Waals surface area contributed by atoms with Gasteiger partial charge >= 0.3 is 0 Å². The largest absolute Gasteiger partial charge is 0.505 e. The molecule has 196 valence electrons. The number of anilines is 2. The minimum absolute atomic E-state index is 0.00836. The van der Waals surface area contributed by atoms with Crippen LogP contribution in [0.15, 0.2) is 104 Å². The highest BCUT2D eigenvalue weighted by Crippen LogP contribution is 2.46. The number of aromatic hydroxyl groups is 1. The van der Waals surface area contributed by atoms with E-state index < -0.39 is 0 Å². The maximum atomic E-state index is 12.9. The second-order valence-corrected chi connectivity index (χ2v) is 10.6. The first kappa shape index (κ1) is 25.1. The summed E-state index contributed by atoms with van der Waals surface area (Å²) < 4.78 is 1.72. The number of aryl methyl sites for hydroxylation is 2. The van der Waals surface area contributed by atoms with Gasteiger partial charge in [0.05, 0.1) is 22.4 Å². The van der Waals surface area contributed by atoms with Gasteiger partial charge in [-0.1, -0.05) is 12.1 Å². The van der Waals surface area contributed by atoms with E-state index in [1.54, 1.807) is 36.4 Å². The lowest BCUT2D eigenvalue weighted by atomic mass is 9.99. The molecule has 0 aliphatic carbocycles. The van der Waals surface area contributed by atoms with Gasteiger partial charge in [-0.3, -0.25) is 4.79 Å². The Morgan fingerprint density at radius 3 is 2.10 bits per heavy atom. The quantitative estimate of drug-likeness (QED) is 0.116. The molecule has 0 radical (unpaired) electrons. The highest BCUT2D eigenvalue weighted by molar-refractivity contribution is 7.24. The molecule has 1 heterocycles. The zero-order chi connectivity index (χ0) is 28.0. The van der Waals surface area contributed by atoms with Crippen LogP contribution in [0, 0.1) is 13.8 Å². The summed E-state index contributed by atoms with van der Waals surface area (Å²) in [5.74, 6) is -0.0865. The van der Waals surface area contributed by atoms with Gasteiger partial charge in [0, 0.05) is 25.9 Å². The minimum Gasteiger partial charge on any atom is -0.505 e. The van der Waals surface area contributed by atoms with Crippen LogP contribution in [0.5, 0.6) is 5.75 Å². The van der Waals surface area contributed by atoms with Crippen LogP contribution in [-0.2, 0) is 0 Å². The van der Waals surface area contributed by atoms with Crippen LogP contribution in [0.2, 0.25) is 0 Å². The van der Waals surface area contributed by atoms with Crippen LogP contribution in [0.1, 0.15) is 11.1 Å². The van der Waals surface area contributed by atoms with Crippen molar-refractivity contribution in [3.05, 3.63) is 100 Å². The maximum absolute atomic E-state index is 12.9. The van der Waals surface area contributed by atoms with Crippen molar-refractivity contribution in [2.45, 2.75) is 13.8 Å². The Labute approximate surface area is 233 Å². The van der Waals surface area contributed by atoms with Gasteiger partial charge in [-0.15, -0.1) is 21.6 Å². The molecule has 0 bridgehead atoms. The van der Waals surface area contributed by atoms with Crippen molar-refractivity contribution in [1.29, 1.82) is 0 Å². The summed E-state index contributed by atoms with van der Waals surface area (Å²) in [6.45, 7) is 3.75.